The van der Waals surface area contributed by atoms with Gasteiger partial charge in [0.25, 0.3) is 11.8 Å². The standard InChI is InChI=1S/C17H12FNO4/c18-8-11(10-5-6-14(20)15(21)7-10)9-19-16(22)12-3-1-2-4-13(12)17(19)23/h1-8,20-21H,9H2/b11-8-. The Morgan fingerprint density at radius 3 is 2.13 bits per heavy atom. The molecule has 5 nitrogen and oxygen atoms in total. The van der Waals surface area contributed by atoms with Gasteiger partial charge in [0.15, 0.2) is 11.5 Å². The fraction of sp³-hybridized carbons (Fsp3) is 0.0588. The second-order valence-electron chi connectivity index (χ2n) is 5.08. The second kappa shape index (κ2) is 5.57. The van der Waals surface area contributed by atoms with Gasteiger partial charge in [-0.05, 0) is 29.8 Å². The number of halogens is 1. The molecular formula is C17H12FNO4. The molecule has 0 spiro atoms. The second-order valence-corrected chi connectivity index (χ2v) is 5.08. The van der Waals surface area contributed by atoms with Crippen LogP contribution >= 0.6 is 0 Å². The first-order chi connectivity index (χ1) is 11.0. The normalized spacial score (nSPS) is 14.3. The number of carbonyl (C=O) groups is 2. The molecule has 0 fully saturated rings. The summed E-state index contributed by atoms with van der Waals surface area (Å²) in [7, 11) is 0. The summed E-state index contributed by atoms with van der Waals surface area (Å²) in [6.07, 6.45) is 0.273. The molecule has 23 heavy (non-hydrogen) atoms. The molecule has 3 rings (SSSR count). The van der Waals surface area contributed by atoms with Crippen LogP contribution in [0, 0.1) is 0 Å². The van der Waals surface area contributed by atoms with E-state index in [1.807, 2.05) is 0 Å². The first-order valence-corrected chi connectivity index (χ1v) is 6.79. The maximum absolute atomic E-state index is 13.3. The monoisotopic (exact) mass is 313 g/mol. The van der Waals surface area contributed by atoms with E-state index in [1.54, 1.807) is 24.3 Å². The van der Waals surface area contributed by atoms with Crippen LogP contribution in [-0.2, 0) is 0 Å². The van der Waals surface area contributed by atoms with Crippen molar-refractivity contribution < 1.29 is 24.2 Å². The lowest BCUT2D eigenvalue weighted by molar-refractivity contribution is 0.0674. The van der Waals surface area contributed by atoms with Gasteiger partial charge in [0.2, 0.25) is 0 Å². The maximum atomic E-state index is 13.3. The van der Waals surface area contributed by atoms with E-state index in [1.165, 1.54) is 18.2 Å². The number of carbonyl (C=O) groups excluding carboxylic acids is 2. The SMILES string of the molecule is O=C1c2ccccc2C(=O)N1C/C(=C/F)c1ccc(O)c(O)c1. The van der Waals surface area contributed by atoms with Gasteiger partial charge in [0.1, 0.15) is 0 Å². The molecule has 0 aromatic heterocycles. The van der Waals surface area contributed by atoms with Gasteiger partial charge < -0.3 is 10.2 Å². The summed E-state index contributed by atoms with van der Waals surface area (Å²) < 4.78 is 13.3. The van der Waals surface area contributed by atoms with Crippen molar-refractivity contribution >= 4 is 17.4 Å². The first-order valence-electron chi connectivity index (χ1n) is 6.79. The summed E-state index contributed by atoms with van der Waals surface area (Å²) in [6.45, 7) is -0.271. The van der Waals surface area contributed by atoms with E-state index in [4.69, 9.17) is 0 Å². The highest BCUT2D eigenvalue weighted by atomic mass is 19.1. The van der Waals surface area contributed by atoms with Gasteiger partial charge >= 0.3 is 0 Å². The van der Waals surface area contributed by atoms with Crippen molar-refractivity contribution in [3.8, 4) is 11.5 Å². The lowest BCUT2D eigenvalue weighted by atomic mass is 10.1. The number of nitrogens with zero attached hydrogens (tertiary/aromatic N) is 1. The van der Waals surface area contributed by atoms with E-state index < -0.39 is 17.6 Å². The molecule has 2 N–H and O–H groups in total. The number of phenols is 2. The van der Waals surface area contributed by atoms with E-state index in [9.17, 15) is 24.2 Å². The number of phenolic OH excluding ortho intramolecular Hbond substituents is 2. The third-order valence-corrected chi connectivity index (χ3v) is 3.68. The van der Waals surface area contributed by atoms with Crippen LogP contribution in [0.2, 0.25) is 0 Å². The van der Waals surface area contributed by atoms with Crippen molar-refractivity contribution in [2.75, 3.05) is 6.54 Å². The number of amides is 2. The van der Waals surface area contributed by atoms with Gasteiger partial charge in [-0.3, -0.25) is 14.5 Å². The van der Waals surface area contributed by atoms with Crippen LogP contribution in [0.1, 0.15) is 26.3 Å². The van der Waals surface area contributed by atoms with Crippen molar-refractivity contribution in [1.82, 2.24) is 4.90 Å². The Labute approximate surface area is 130 Å². The average molecular weight is 313 g/mol. The molecule has 2 aromatic carbocycles. The van der Waals surface area contributed by atoms with Gasteiger partial charge in [0, 0.05) is 5.57 Å². The molecule has 2 aromatic rings. The van der Waals surface area contributed by atoms with Crippen molar-refractivity contribution in [3.05, 3.63) is 65.5 Å². The number of rotatable bonds is 3. The van der Waals surface area contributed by atoms with Crippen molar-refractivity contribution in [2.24, 2.45) is 0 Å². The molecule has 0 saturated heterocycles. The van der Waals surface area contributed by atoms with Crippen LogP contribution in [-0.4, -0.2) is 33.5 Å². The van der Waals surface area contributed by atoms with Crippen LogP contribution in [0.4, 0.5) is 4.39 Å². The fourth-order valence-corrected chi connectivity index (χ4v) is 2.47. The molecule has 116 valence electrons. The molecule has 2 amide bonds. The molecule has 0 unspecified atom stereocenters. The summed E-state index contributed by atoms with van der Waals surface area (Å²) in [5.41, 5.74) is 0.864. The highest BCUT2D eigenvalue weighted by Gasteiger charge is 2.35. The Bertz CT molecular complexity index is 809. The first kappa shape index (κ1) is 14.8. The van der Waals surface area contributed by atoms with Gasteiger partial charge in [-0.1, -0.05) is 18.2 Å². The van der Waals surface area contributed by atoms with Gasteiger partial charge in [0.05, 0.1) is 24.0 Å². The Balaban J connectivity index is 1.91. The molecule has 0 aliphatic carbocycles. The zero-order valence-corrected chi connectivity index (χ0v) is 11.9. The van der Waals surface area contributed by atoms with Crippen LogP contribution in [0.3, 0.4) is 0 Å². The number of hydrogen-bond donors (Lipinski definition) is 2. The quantitative estimate of drug-likeness (QED) is 0.674. The number of imide groups is 1. The Morgan fingerprint density at radius 1 is 1.00 bits per heavy atom. The summed E-state index contributed by atoms with van der Waals surface area (Å²) in [6, 6.07) is 10.1. The fourth-order valence-electron chi connectivity index (χ4n) is 2.47. The molecule has 0 atom stereocenters. The molecule has 0 radical (unpaired) electrons. The van der Waals surface area contributed by atoms with Crippen LogP contribution in [0.5, 0.6) is 11.5 Å². The van der Waals surface area contributed by atoms with E-state index in [0.29, 0.717) is 0 Å². The van der Waals surface area contributed by atoms with Gasteiger partial charge in [-0.15, -0.1) is 0 Å². The van der Waals surface area contributed by atoms with Crippen LogP contribution < -0.4 is 0 Å². The summed E-state index contributed by atoms with van der Waals surface area (Å²) in [5.74, 6) is -1.74. The Morgan fingerprint density at radius 2 is 1.61 bits per heavy atom. The number of aromatic hydroxyl groups is 2. The van der Waals surface area contributed by atoms with Crippen molar-refractivity contribution in [2.45, 2.75) is 0 Å². The topological polar surface area (TPSA) is 77.8 Å². The minimum atomic E-state index is -0.493. The number of benzene rings is 2. The molecular weight excluding hydrogens is 301 g/mol. The predicted molar refractivity (Wildman–Crippen MR) is 80.7 cm³/mol. The summed E-state index contributed by atoms with van der Waals surface area (Å²) in [5, 5.41) is 18.8. The van der Waals surface area contributed by atoms with E-state index >= 15 is 0 Å². The van der Waals surface area contributed by atoms with Gasteiger partial charge in [-0.2, -0.15) is 0 Å². The molecule has 1 aliphatic rings. The van der Waals surface area contributed by atoms with Crippen molar-refractivity contribution in [1.29, 1.82) is 0 Å². The highest BCUT2D eigenvalue weighted by Crippen LogP contribution is 2.30. The zero-order chi connectivity index (χ0) is 16.6. The van der Waals surface area contributed by atoms with E-state index in [-0.39, 0.29) is 40.9 Å². The van der Waals surface area contributed by atoms with Crippen molar-refractivity contribution in [3.63, 3.8) is 0 Å². The van der Waals surface area contributed by atoms with Crippen LogP contribution in [0.25, 0.3) is 5.57 Å². The molecule has 6 heteroatoms. The third kappa shape index (κ3) is 2.44. The lowest BCUT2D eigenvalue weighted by Crippen LogP contribution is -2.31. The summed E-state index contributed by atoms with van der Waals surface area (Å²) in [4.78, 5) is 25.5. The van der Waals surface area contributed by atoms with E-state index in [2.05, 4.69) is 0 Å². The van der Waals surface area contributed by atoms with E-state index in [0.717, 1.165) is 4.90 Å². The third-order valence-electron chi connectivity index (χ3n) is 3.68. The predicted octanol–water partition coefficient (Wildman–Crippen LogP) is 2.70. The molecule has 0 saturated carbocycles. The lowest BCUT2D eigenvalue weighted by Gasteiger charge is -2.16. The minimum Gasteiger partial charge on any atom is -0.504 e. The molecule has 0 bridgehead atoms. The zero-order valence-electron chi connectivity index (χ0n) is 11.9. The number of fused-ring (bicyclic) bond motifs is 1. The molecule has 1 aliphatic heterocycles. The number of hydrogen-bond acceptors (Lipinski definition) is 4. The van der Waals surface area contributed by atoms with Crippen LogP contribution in [0.15, 0.2) is 48.8 Å². The average Bonchev–Trinajstić information content (AvgIpc) is 2.80. The minimum absolute atomic E-state index is 0.0369. The summed E-state index contributed by atoms with van der Waals surface area (Å²) >= 11 is 0. The Hall–Kier alpha value is -3.15. The Kier molecular flexibility index (Phi) is 3.57. The smallest absolute Gasteiger partial charge is 0.261 e. The molecule has 1 heterocycles. The highest BCUT2D eigenvalue weighted by molar-refractivity contribution is 6.21. The maximum Gasteiger partial charge on any atom is 0.261 e. The largest absolute Gasteiger partial charge is 0.504 e. The van der Waals surface area contributed by atoms with Gasteiger partial charge in [-0.25, -0.2) is 4.39 Å².